The maximum atomic E-state index is 12.4. The molecular formula is C22H23NO4. The number of carbonyl (C=O) groups is 1. The van der Waals surface area contributed by atoms with Crippen molar-refractivity contribution in [1.29, 1.82) is 0 Å². The van der Waals surface area contributed by atoms with Gasteiger partial charge in [0.2, 0.25) is 0 Å². The summed E-state index contributed by atoms with van der Waals surface area (Å²) in [5, 5.41) is 4.92. The average Bonchev–Trinajstić information content (AvgIpc) is 2.69. The zero-order valence-electron chi connectivity index (χ0n) is 15.7. The highest BCUT2D eigenvalue weighted by Crippen LogP contribution is 2.25. The van der Waals surface area contributed by atoms with Gasteiger partial charge in [0.25, 0.3) is 5.91 Å². The molecule has 0 saturated carbocycles. The van der Waals surface area contributed by atoms with Gasteiger partial charge in [-0.1, -0.05) is 12.1 Å². The molecule has 27 heavy (non-hydrogen) atoms. The molecule has 0 heterocycles. The number of benzene rings is 3. The quantitative estimate of drug-likeness (QED) is 0.662. The van der Waals surface area contributed by atoms with Crippen LogP contribution in [0.1, 0.15) is 13.8 Å². The highest BCUT2D eigenvalue weighted by atomic mass is 16.5. The Balaban J connectivity index is 1.65. The second-order valence-corrected chi connectivity index (χ2v) is 6.08. The highest BCUT2D eigenvalue weighted by Gasteiger charge is 2.15. The third kappa shape index (κ3) is 4.70. The van der Waals surface area contributed by atoms with Crippen LogP contribution in [0.4, 0.5) is 5.69 Å². The van der Waals surface area contributed by atoms with E-state index in [4.69, 9.17) is 14.2 Å². The first-order valence-corrected chi connectivity index (χ1v) is 8.87. The summed E-state index contributed by atoms with van der Waals surface area (Å²) in [5.74, 6) is 1.96. The van der Waals surface area contributed by atoms with E-state index in [1.807, 2.05) is 55.5 Å². The predicted octanol–water partition coefficient (Wildman–Crippen LogP) is 4.65. The summed E-state index contributed by atoms with van der Waals surface area (Å²) >= 11 is 0. The number of fused-ring (bicyclic) bond motifs is 1. The van der Waals surface area contributed by atoms with Gasteiger partial charge < -0.3 is 19.5 Å². The lowest BCUT2D eigenvalue weighted by atomic mass is 10.1. The lowest BCUT2D eigenvalue weighted by Crippen LogP contribution is -2.30. The molecular weight excluding hydrogens is 342 g/mol. The third-order valence-electron chi connectivity index (χ3n) is 4.13. The second kappa shape index (κ2) is 8.45. The summed E-state index contributed by atoms with van der Waals surface area (Å²) in [4.78, 5) is 12.4. The minimum Gasteiger partial charge on any atom is -0.497 e. The largest absolute Gasteiger partial charge is 0.497 e. The van der Waals surface area contributed by atoms with Crippen LogP contribution >= 0.6 is 0 Å². The van der Waals surface area contributed by atoms with Crippen molar-refractivity contribution < 1.29 is 19.0 Å². The molecule has 1 N–H and O–H groups in total. The molecule has 0 aromatic heterocycles. The highest BCUT2D eigenvalue weighted by molar-refractivity contribution is 5.94. The Morgan fingerprint density at radius 1 is 0.926 bits per heavy atom. The van der Waals surface area contributed by atoms with Crippen molar-refractivity contribution in [2.24, 2.45) is 0 Å². The van der Waals surface area contributed by atoms with Crippen LogP contribution < -0.4 is 19.5 Å². The Labute approximate surface area is 158 Å². The molecule has 3 aromatic rings. The monoisotopic (exact) mass is 365 g/mol. The standard InChI is InChI=1S/C22H23NO4/c1-4-26-19-11-7-18(8-12-19)23-22(24)15(2)27-21-10-6-16-5-9-20(25-3)13-17(16)14-21/h5-15H,4H2,1-3H3,(H,23,24)/t15-/m0/s1. The van der Waals surface area contributed by atoms with E-state index >= 15 is 0 Å². The maximum Gasteiger partial charge on any atom is 0.265 e. The van der Waals surface area contributed by atoms with Gasteiger partial charge >= 0.3 is 0 Å². The average molecular weight is 365 g/mol. The molecule has 0 fully saturated rings. The van der Waals surface area contributed by atoms with E-state index in [1.54, 1.807) is 26.2 Å². The van der Waals surface area contributed by atoms with Gasteiger partial charge in [0.1, 0.15) is 17.2 Å². The van der Waals surface area contributed by atoms with Gasteiger partial charge in [-0.25, -0.2) is 0 Å². The smallest absolute Gasteiger partial charge is 0.265 e. The van der Waals surface area contributed by atoms with Crippen LogP contribution in [0.25, 0.3) is 10.8 Å². The summed E-state index contributed by atoms with van der Waals surface area (Å²) in [6.45, 7) is 4.26. The first kappa shape index (κ1) is 18.6. The Morgan fingerprint density at radius 3 is 2.22 bits per heavy atom. The Bertz CT molecular complexity index is 921. The van der Waals surface area contributed by atoms with E-state index in [2.05, 4.69) is 5.32 Å². The third-order valence-corrected chi connectivity index (χ3v) is 4.13. The molecule has 0 aliphatic heterocycles. The van der Waals surface area contributed by atoms with Gasteiger partial charge in [-0.3, -0.25) is 4.79 Å². The van der Waals surface area contributed by atoms with E-state index in [0.717, 1.165) is 22.3 Å². The number of hydrogen-bond acceptors (Lipinski definition) is 4. The molecule has 5 heteroatoms. The van der Waals surface area contributed by atoms with Crippen LogP contribution in [0, 0.1) is 0 Å². The number of ether oxygens (including phenoxy) is 3. The second-order valence-electron chi connectivity index (χ2n) is 6.08. The summed E-state index contributed by atoms with van der Waals surface area (Å²) in [7, 11) is 1.63. The fourth-order valence-corrected chi connectivity index (χ4v) is 2.71. The van der Waals surface area contributed by atoms with Gasteiger partial charge in [0.05, 0.1) is 13.7 Å². The zero-order chi connectivity index (χ0) is 19.2. The van der Waals surface area contributed by atoms with Gasteiger partial charge in [0.15, 0.2) is 6.10 Å². The minimum absolute atomic E-state index is 0.218. The van der Waals surface area contributed by atoms with Crippen LogP contribution in [-0.4, -0.2) is 25.7 Å². The molecule has 0 saturated heterocycles. The lowest BCUT2D eigenvalue weighted by Gasteiger charge is -2.15. The fraction of sp³-hybridized carbons (Fsp3) is 0.227. The first-order valence-electron chi connectivity index (χ1n) is 8.87. The summed E-state index contributed by atoms with van der Waals surface area (Å²) < 4.78 is 16.5. The van der Waals surface area contributed by atoms with E-state index in [9.17, 15) is 4.79 Å². The minimum atomic E-state index is -0.639. The van der Waals surface area contributed by atoms with Crippen molar-refractivity contribution in [2.75, 3.05) is 19.0 Å². The van der Waals surface area contributed by atoms with E-state index in [-0.39, 0.29) is 5.91 Å². The molecule has 1 amide bonds. The van der Waals surface area contributed by atoms with Crippen LogP contribution in [-0.2, 0) is 4.79 Å². The fourth-order valence-electron chi connectivity index (χ4n) is 2.71. The normalized spacial score (nSPS) is 11.7. The molecule has 5 nitrogen and oxygen atoms in total. The molecule has 3 aromatic carbocycles. The van der Waals surface area contributed by atoms with Crippen molar-refractivity contribution in [3.8, 4) is 17.2 Å². The number of carbonyl (C=O) groups excluding carboxylic acids is 1. The zero-order valence-corrected chi connectivity index (χ0v) is 15.7. The number of hydrogen-bond donors (Lipinski definition) is 1. The van der Waals surface area contributed by atoms with Crippen LogP contribution in [0.15, 0.2) is 60.7 Å². The SMILES string of the molecule is CCOc1ccc(NC(=O)[C@H](C)Oc2ccc3ccc(OC)cc3c2)cc1. The summed E-state index contributed by atoms with van der Waals surface area (Å²) in [6, 6.07) is 18.8. The van der Waals surface area contributed by atoms with Crippen molar-refractivity contribution in [1.82, 2.24) is 0 Å². The van der Waals surface area contributed by atoms with Crippen molar-refractivity contribution >= 4 is 22.4 Å². The molecule has 140 valence electrons. The van der Waals surface area contributed by atoms with Crippen LogP contribution in [0.5, 0.6) is 17.2 Å². The molecule has 3 rings (SSSR count). The predicted molar refractivity (Wildman–Crippen MR) is 107 cm³/mol. The van der Waals surface area contributed by atoms with Gasteiger partial charge in [-0.05, 0) is 73.2 Å². The first-order chi connectivity index (χ1) is 13.1. The molecule has 0 bridgehead atoms. The summed E-state index contributed by atoms with van der Waals surface area (Å²) in [5.41, 5.74) is 0.696. The summed E-state index contributed by atoms with van der Waals surface area (Å²) in [6.07, 6.45) is -0.639. The number of anilines is 1. The van der Waals surface area contributed by atoms with Gasteiger partial charge in [0, 0.05) is 5.69 Å². The number of methoxy groups -OCH3 is 1. The molecule has 0 aliphatic rings. The van der Waals surface area contributed by atoms with E-state index in [1.165, 1.54) is 0 Å². The molecule has 0 radical (unpaired) electrons. The number of amides is 1. The molecule has 0 aliphatic carbocycles. The topological polar surface area (TPSA) is 56.8 Å². The molecule has 0 unspecified atom stereocenters. The number of rotatable bonds is 7. The van der Waals surface area contributed by atoms with E-state index < -0.39 is 6.10 Å². The van der Waals surface area contributed by atoms with Crippen molar-refractivity contribution in [2.45, 2.75) is 20.0 Å². The van der Waals surface area contributed by atoms with Crippen LogP contribution in [0.2, 0.25) is 0 Å². The van der Waals surface area contributed by atoms with Gasteiger partial charge in [-0.15, -0.1) is 0 Å². The Hall–Kier alpha value is -3.21. The number of nitrogens with one attached hydrogen (secondary N) is 1. The van der Waals surface area contributed by atoms with Crippen molar-refractivity contribution in [3.63, 3.8) is 0 Å². The Kier molecular flexibility index (Phi) is 5.81. The maximum absolute atomic E-state index is 12.4. The molecule has 0 spiro atoms. The van der Waals surface area contributed by atoms with Gasteiger partial charge in [-0.2, -0.15) is 0 Å². The van der Waals surface area contributed by atoms with Crippen LogP contribution in [0.3, 0.4) is 0 Å². The van der Waals surface area contributed by atoms with E-state index in [0.29, 0.717) is 18.0 Å². The lowest BCUT2D eigenvalue weighted by molar-refractivity contribution is -0.122. The molecule has 1 atom stereocenters. The van der Waals surface area contributed by atoms with Crippen molar-refractivity contribution in [3.05, 3.63) is 60.7 Å². The Morgan fingerprint density at radius 2 is 1.56 bits per heavy atom.